The van der Waals surface area contributed by atoms with E-state index in [1.54, 1.807) is 0 Å². The zero-order valence-corrected chi connectivity index (χ0v) is 12.3. The van der Waals surface area contributed by atoms with Gasteiger partial charge in [-0.15, -0.1) is 0 Å². The first-order chi connectivity index (χ1) is 10.2. The summed E-state index contributed by atoms with van der Waals surface area (Å²) in [6.45, 7) is 2.86. The number of para-hydroxylation sites is 1. The molecular weight excluding hydrogens is 262 g/mol. The monoisotopic (exact) mass is 283 g/mol. The average Bonchev–Trinajstić information content (AvgIpc) is 3.04. The molecule has 0 bridgehead atoms. The van der Waals surface area contributed by atoms with Crippen molar-refractivity contribution < 1.29 is 9.84 Å². The third-order valence-electron chi connectivity index (χ3n) is 4.16. The number of nitrogens with one attached hydrogen (secondary N) is 1. The third-order valence-corrected chi connectivity index (χ3v) is 4.16. The first-order valence-corrected chi connectivity index (χ1v) is 7.45. The van der Waals surface area contributed by atoms with E-state index in [1.165, 1.54) is 0 Å². The van der Waals surface area contributed by atoms with Gasteiger partial charge in [0.1, 0.15) is 17.1 Å². The molecule has 0 aliphatic carbocycles. The standard InChI is InChI=1S/C18H21NO2/c1-18(20,17-8-5-13-19-17)14-9-11-16(12-10-14)21-15-6-3-2-4-7-15/h2-4,6-7,9-12,17,19-20H,5,8,13H2,1H3. The highest BCUT2D eigenvalue weighted by molar-refractivity contribution is 5.35. The van der Waals surface area contributed by atoms with Crippen LogP contribution in [0, 0.1) is 0 Å². The molecule has 2 atom stereocenters. The molecule has 1 heterocycles. The van der Waals surface area contributed by atoms with Gasteiger partial charge in [-0.1, -0.05) is 30.3 Å². The number of rotatable bonds is 4. The molecule has 0 radical (unpaired) electrons. The van der Waals surface area contributed by atoms with Crippen LogP contribution in [0.25, 0.3) is 0 Å². The SMILES string of the molecule is CC(O)(c1ccc(Oc2ccccc2)cc1)C1CCCN1. The minimum absolute atomic E-state index is 0.124. The van der Waals surface area contributed by atoms with Gasteiger partial charge in [0.15, 0.2) is 0 Å². The molecule has 0 saturated carbocycles. The molecule has 1 aliphatic rings. The van der Waals surface area contributed by atoms with Crippen LogP contribution in [0.5, 0.6) is 11.5 Å². The highest BCUT2D eigenvalue weighted by Gasteiger charge is 2.35. The number of aliphatic hydroxyl groups is 1. The summed E-state index contributed by atoms with van der Waals surface area (Å²) in [5.41, 5.74) is 0.0733. The Bertz CT molecular complexity index is 572. The minimum Gasteiger partial charge on any atom is -0.457 e. The molecule has 2 unspecified atom stereocenters. The molecule has 2 aromatic carbocycles. The third kappa shape index (κ3) is 3.09. The lowest BCUT2D eigenvalue weighted by molar-refractivity contribution is 0.0218. The van der Waals surface area contributed by atoms with Crippen molar-refractivity contribution in [3.05, 3.63) is 60.2 Å². The summed E-state index contributed by atoms with van der Waals surface area (Å²) in [5.74, 6) is 1.59. The Morgan fingerprint density at radius 2 is 1.71 bits per heavy atom. The van der Waals surface area contributed by atoms with Gasteiger partial charge in [0.05, 0.1) is 0 Å². The van der Waals surface area contributed by atoms with E-state index >= 15 is 0 Å². The smallest absolute Gasteiger partial charge is 0.127 e. The van der Waals surface area contributed by atoms with Crippen LogP contribution in [0.3, 0.4) is 0 Å². The van der Waals surface area contributed by atoms with Crippen molar-refractivity contribution in [1.29, 1.82) is 0 Å². The molecule has 3 heteroatoms. The molecule has 110 valence electrons. The second kappa shape index (κ2) is 5.88. The fraction of sp³-hybridized carbons (Fsp3) is 0.333. The molecule has 3 rings (SSSR count). The molecule has 1 saturated heterocycles. The van der Waals surface area contributed by atoms with E-state index < -0.39 is 5.60 Å². The van der Waals surface area contributed by atoms with Crippen LogP contribution in [0.15, 0.2) is 54.6 Å². The van der Waals surface area contributed by atoms with Crippen molar-refractivity contribution in [2.45, 2.75) is 31.4 Å². The Morgan fingerprint density at radius 3 is 2.33 bits per heavy atom. The van der Waals surface area contributed by atoms with Crippen LogP contribution in [0.2, 0.25) is 0 Å². The second-order valence-corrected chi connectivity index (χ2v) is 5.74. The van der Waals surface area contributed by atoms with Crippen molar-refractivity contribution in [3.63, 3.8) is 0 Å². The van der Waals surface area contributed by atoms with E-state index in [0.717, 1.165) is 36.4 Å². The van der Waals surface area contributed by atoms with Gasteiger partial charge in [-0.2, -0.15) is 0 Å². The Hall–Kier alpha value is -1.84. The molecule has 0 spiro atoms. The highest BCUT2D eigenvalue weighted by Crippen LogP contribution is 2.31. The molecule has 2 N–H and O–H groups in total. The van der Waals surface area contributed by atoms with Gasteiger partial charge >= 0.3 is 0 Å². The Balaban J connectivity index is 1.74. The number of ether oxygens (including phenoxy) is 1. The lowest BCUT2D eigenvalue weighted by Gasteiger charge is -2.30. The van der Waals surface area contributed by atoms with E-state index in [0.29, 0.717) is 0 Å². The van der Waals surface area contributed by atoms with Gasteiger partial charge in [-0.3, -0.25) is 0 Å². The normalized spacial score (nSPS) is 21.0. The van der Waals surface area contributed by atoms with Crippen LogP contribution in [-0.2, 0) is 5.60 Å². The molecule has 0 aromatic heterocycles. The van der Waals surface area contributed by atoms with Crippen molar-refractivity contribution in [2.24, 2.45) is 0 Å². The predicted molar refractivity (Wildman–Crippen MR) is 83.6 cm³/mol. The summed E-state index contributed by atoms with van der Waals surface area (Å²) in [4.78, 5) is 0. The first-order valence-electron chi connectivity index (χ1n) is 7.45. The fourth-order valence-electron chi connectivity index (χ4n) is 2.85. The van der Waals surface area contributed by atoms with Crippen LogP contribution in [0.4, 0.5) is 0 Å². The quantitative estimate of drug-likeness (QED) is 0.903. The maximum Gasteiger partial charge on any atom is 0.127 e. The minimum atomic E-state index is -0.845. The number of hydrogen-bond donors (Lipinski definition) is 2. The van der Waals surface area contributed by atoms with Gasteiger partial charge in [0.25, 0.3) is 0 Å². The molecular formula is C18H21NO2. The topological polar surface area (TPSA) is 41.5 Å². The highest BCUT2D eigenvalue weighted by atomic mass is 16.5. The first kappa shape index (κ1) is 14.1. The van der Waals surface area contributed by atoms with E-state index in [4.69, 9.17) is 4.74 Å². The fourth-order valence-corrected chi connectivity index (χ4v) is 2.85. The summed E-state index contributed by atoms with van der Waals surface area (Å²) in [6, 6.07) is 17.5. The Kier molecular flexibility index (Phi) is 3.95. The molecule has 3 nitrogen and oxygen atoms in total. The number of benzene rings is 2. The summed E-state index contributed by atoms with van der Waals surface area (Å²) >= 11 is 0. The summed E-state index contributed by atoms with van der Waals surface area (Å²) in [5, 5.41) is 14.1. The van der Waals surface area contributed by atoms with Gasteiger partial charge in [-0.05, 0) is 56.1 Å². The summed E-state index contributed by atoms with van der Waals surface area (Å²) < 4.78 is 5.77. The largest absolute Gasteiger partial charge is 0.457 e. The van der Waals surface area contributed by atoms with Crippen molar-refractivity contribution >= 4 is 0 Å². The average molecular weight is 283 g/mol. The maximum absolute atomic E-state index is 10.8. The summed E-state index contributed by atoms with van der Waals surface area (Å²) in [6.07, 6.45) is 2.13. The van der Waals surface area contributed by atoms with Crippen molar-refractivity contribution in [3.8, 4) is 11.5 Å². The second-order valence-electron chi connectivity index (χ2n) is 5.74. The van der Waals surface area contributed by atoms with E-state index in [-0.39, 0.29) is 6.04 Å². The van der Waals surface area contributed by atoms with Crippen LogP contribution < -0.4 is 10.1 Å². The summed E-state index contributed by atoms with van der Waals surface area (Å²) in [7, 11) is 0. The molecule has 21 heavy (non-hydrogen) atoms. The van der Waals surface area contributed by atoms with Crippen molar-refractivity contribution in [2.75, 3.05) is 6.54 Å². The zero-order valence-electron chi connectivity index (χ0n) is 12.3. The van der Waals surface area contributed by atoms with Gasteiger partial charge in [0.2, 0.25) is 0 Å². The molecule has 0 amide bonds. The van der Waals surface area contributed by atoms with E-state index in [2.05, 4.69) is 5.32 Å². The van der Waals surface area contributed by atoms with Gasteiger partial charge < -0.3 is 15.2 Å². The Morgan fingerprint density at radius 1 is 1.05 bits per heavy atom. The lowest BCUT2D eigenvalue weighted by atomic mass is 9.87. The van der Waals surface area contributed by atoms with Gasteiger partial charge in [0, 0.05) is 6.04 Å². The molecule has 2 aromatic rings. The maximum atomic E-state index is 10.8. The predicted octanol–water partition coefficient (Wildman–Crippen LogP) is 3.44. The molecule has 1 aliphatic heterocycles. The van der Waals surface area contributed by atoms with Crippen LogP contribution >= 0.6 is 0 Å². The van der Waals surface area contributed by atoms with E-state index in [9.17, 15) is 5.11 Å². The molecule has 1 fully saturated rings. The van der Waals surface area contributed by atoms with Gasteiger partial charge in [-0.25, -0.2) is 0 Å². The number of hydrogen-bond acceptors (Lipinski definition) is 3. The Labute approximate surface area is 125 Å². The van der Waals surface area contributed by atoms with Crippen molar-refractivity contribution in [1.82, 2.24) is 5.32 Å². The van der Waals surface area contributed by atoms with Crippen LogP contribution in [-0.4, -0.2) is 17.7 Å². The van der Waals surface area contributed by atoms with Crippen LogP contribution in [0.1, 0.15) is 25.3 Å². The zero-order chi connectivity index (χ0) is 14.7. The lowest BCUT2D eigenvalue weighted by Crippen LogP contribution is -2.42. The van der Waals surface area contributed by atoms with E-state index in [1.807, 2.05) is 61.5 Å².